The monoisotopic (exact) mass is 498 g/mol. The Bertz CT molecular complexity index is 1100. The second-order valence-corrected chi connectivity index (χ2v) is 9.88. The molecule has 0 bridgehead atoms. The molecule has 0 aromatic heterocycles. The Labute approximate surface area is 213 Å². The van der Waals surface area contributed by atoms with Crippen molar-refractivity contribution in [3.05, 3.63) is 46.5 Å². The van der Waals surface area contributed by atoms with Gasteiger partial charge in [-0.05, 0) is 49.4 Å². The average Bonchev–Trinajstić information content (AvgIpc) is 2.86. The number of amides is 2. The normalized spacial score (nSPS) is 13.6. The van der Waals surface area contributed by atoms with Crippen molar-refractivity contribution in [1.82, 2.24) is 10.4 Å². The minimum atomic E-state index is -0.383. The number of nitrogens with one attached hydrogen (secondary N) is 1. The molecule has 0 saturated heterocycles. The van der Waals surface area contributed by atoms with Gasteiger partial charge in [-0.2, -0.15) is 0 Å². The smallest absolute Gasteiger partial charge is 0.272 e. The van der Waals surface area contributed by atoms with Crippen LogP contribution < -0.4 is 24.4 Å². The average molecular weight is 499 g/mol. The lowest BCUT2D eigenvalue weighted by molar-refractivity contribution is 0.0284. The van der Waals surface area contributed by atoms with Crippen molar-refractivity contribution >= 4 is 11.8 Å². The van der Waals surface area contributed by atoms with Crippen molar-refractivity contribution in [3.8, 4) is 23.0 Å². The molecule has 0 radical (unpaired) electrons. The highest BCUT2D eigenvalue weighted by molar-refractivity contribution is 6.01. The maximum atomic E-state index is 13.9. The Morgan fingerprint density at radius 1 is 1.06 bits per heavy atom. The van der Waals surface area contributed by atoms with Crippen LogP contribution in [-0.4, -0.2) is 50.3 Å². The predicted molar refractivity (Wildman–Crippen MR) is 138 cm³/mol. The summed E-state index contributed by atoms with van der Waals surface area (Å²) in [6, 6.07) is 6.53. The fraction of sp³-hybridized carbons (Fsp3) is 0.500. The summed E-state index contributed by atoms with van der Waals surface area (Å²) < 4.78 is 22.5. The number of methoxy groups -OCH3 is 2. The minimum absolute atomic E-state index is 0.283. The Kier molecular flexibility index (Phi) is 8.38. The van der Waals surface area contributed by atoms with Crippen LogP contribution in [0.3, 0.4) is 0 Å². The molecule has 0 fully saturated rings. The van der Waals surface area contributed by atoms with Crippen LogP contribution in [0.4, 0.5) is 0 Å². The van der Waals surface area contributed by atoms with E-state index in [9.17, 15) is 9.59 Å². The number of ether oxygens (including phenoxy) is 4. The van der Waals surface area contributed by atoms with Gasteiger partial charge in [0.05, 0.1) is 20.3 Å². The van der Waals surface area contributed by atoms with Gasteiger partial charge < -0.3 is 18.9 Å². The second-order valence-electron chi connectivity index (χ2n) is 9.88. The summed E-state index contributed by atoms with van der Waals surface area (Å²) >= 11 is 0. The van der Waals surface area contributed by atoms with Gasteiger partial charge in [-0.15, -0.1) is 0 Å². The molecule has 0 aliphatic carbocycles. The van der Waals surface area contributed by atoms with Crippen molar-refractivity contribution in [2.75, 3.05) is 27.4 Å². The zero-order chi connectivity index (χ0) is 26.6. The van der Waals surface area contributed by atoms with Crippen LogP contribution in [0.25, 0.3) is 0 Å². The van der Waals surface area contributed by atoms with Gasteiger partial charge in [-0.25, -0.2) is 5.01 Å². The molecule has 1 heterocycles. The van der Waals surface area contributed by atoms with E-state index < -0.39 is 0 Å². The highest BCUT2D eigenvalue weighted by Gasteiger charge is 2.35. The third kappa shape index (κ3) is 5.37. The summed E-state index contributed by atoms with van der Waals surface area (Å²) in [5.41, 5.74) is 4.96. The molecule has 8 nitrogen and oxygen atoms in total. The van der Waals surface area contributed by atoms with Crippen molar-refractivity contribution in [1.29, 1.82) is 0 Å². The second kappa shape index (κ2) is 11.1. The fourth-order valence-electron chi connectivity index (χ4n) is 4.71. The maximum Gasteiger partial charge on any atom is 0.272 e. The molecule has 0 spiro atoms. The number of hydrazine groups is 1. The van der Waals surface area contributed by atoms with E-state index in [1.54, 1.807) is 38.5 Å². The Balaban J connectivity index is 2.06. The van der Waals surface area contributed by atoms with Gasteiger partial charge in [-0.3, -0.25) is 15.0 Å². The van der Waals surface area contributed by atoms with Crippen LogP contribution in [-0.2, 0) is 6.42 Å². The molecule has 36 heavy (non-hydrogen) atoms. The van der Waals surface area contributed by atoms with Crippen LogP contribution in [0, 0.1) is 12.3 Å². The van der Waals surface area contributed by atoms with Gasteiger partial charge in [0.2, 0.25) is 0 Å². The van der Waals surface area contributed by atoms with Crippen LogP contribution in [0.2, 0.25) is 0 Å². The summed E-state index contributed by atoms with van der Waals surface area (Å²) in [5.74, 6) is 1.55. The van der Waals surface area contributed by atoms with Crippen molar-refractivity contribution in [2.45, 2.75) is 60.4 Å². The van der Waals surface area contributed by atoms with Crippen molar-refractivity contribution in [3.63, 3.8) is 0 Å². The number of fused-ring (bicyclic) bond motifs is 1. The van der Waals surface area contributed by atoms with Gasteiger partial charge in [-0.1, -0.05) is 34.6 Å². The highest BCUT2D eigenvalue weighted by Crippen LogP contribution is 2.37. The molecular weight excluding hydrogens is 460 g/mol. The van der Waals surface area contributed by atoms with Crippen LogP contribution in [0.1, 0.15) is 72.9 Å². The minimum Gasteiger partial charge on any atom is -0.496 e. The van der Waals surface area contributed by atoms with E-state index in [0.29, 0.717) is 60.2 Å². The van der Waals surface area contributed by atoms with Gasteiger partial charge in [0.1, 0.15) is 24.7 Å². The fourth-order valence-corrected chi connectivity index (χ4v) is 4.71. The zero-order valence-electron chi connectivity index (χ0n) is 22.6. The van der Waals surface area contributed by atoms with E-state index in [1.165, 1.54) is 5.01 Å². The third-order valence-electron chi connectivity index (χ3n) is 6.55. The molecule has 196 valence electrons. The lowest BCUT2D eigenvalue weighted by Gasteiger charge is -2.39. The standard InChI is InChI=1S/C28H38N2O6/c1-9-19-20(11-12-21-25(19)36-14-13-35-21)26(31)29-30(24(10-2)28(4,5)6)27(32)18-15-22(33-7)17(3)23(16-18)34-8/h11-12,15-16,24H,9-10,13-14H2,1-8H3,(H,29,31). The predicted octanol–water partition coefficient (Wildman–Crippen LogP) is 4.96. The largest absolute Gasteiger partial charge is 0.496 e. The van der Waals surface area contributed by atoms with Crippen LogP contribution >= 0.6 is 0 Å². The third-order valence-corrected chi connectivity index (χ3v) is 6.55. The number of carbonyl (C=O) groups excluding carboxylic acids is 2. The molecule has 1 N–H and O–H groups in total. The first-order valence-corrected chi connectivity index (χ1v) is 12.4. The molecule has 2 aromatic rings. The van der Waals surface area contributed by atoms with Crippen LogP contribution in [0.15, 0.2) is 24.3 Å². The molecule has 8 heteroatoms. The van der Waals surface area contributed by atoms with Crippen molar-refractivity contribution < 1.29 is 28.5 Å². The van der Waals surface area contributed by atoms with Gasteiger partial charge in [0.15, 0.2) is 11.5 Å². The summed E-state index contributed by atoms with van der Waals surface area (Å²) in [6.07, 6.45) is 1.21. The molecule has 0 saturated carbocycles. The molecule has 2 aromatic carbocycles. The van der Waals surface area contributed by atoms with E-state index in [2.05, 4.69) is 5.43 Å². The summed E-state index contributed by atoms with van der Waals surface area (Å²) in [4.78, 5) is 27.6. The number of hydrogen-bond acceptors (Lipinski definition) is 6. The molecule has 1 aliphatic heterocycles. The Hall–Kier alpha value is -3.42. The van der Waals surface area contributed by atoms with Crippen molar-refractivity contribution in [2.24, 2.45) is 5.41 Å². The number of carbonyl (C=O) groups is 2. The van der Waals surface area contributed by atoms with E-state index in [-0.39, 0.29) is 23.3 Å². The maximum absolute atomic E-state index is 13.9. The molecule has 2 amide bonds. The van der Waals surface area contributed by atoms with Gasteiger partial charge in [0.25, 0.3) is 11.8 Å². The number of rotatable bonds is 7. The van der Waals surface area contributed by atoms with E-state index in [4.69, 9.17) is 18.9 Å². The quantitative estimate of drug-likeness (QED) is 0.543. The Morgan fingerprint density at radius 3 is 2.19 bits per heavy atom. The first-order valence-electron chi connectivity index (χ1n) is 12.4. The van der Waals surface area contributed by atoms with E-state index in [0.717, 1.165) is 11.1 Å². The molecule has 1 unspecified atom stereocenters. The van der Waals surface area contributed by atoms with E-state index >= 15 is 0 Å². The summed E-state index contributed by atoms with van der Waals surface area (Å²) in [6.45, 7) is 12.9. The topological polar surface area (TPSA) is 86.3 Å². The Morgan fingerprint density at radius 2 is 1.67 bits per heavy atom. The van der Waals surface area contributed by atoms with Gasteiger partial charge in [0, 0.05) is 22.3 Å². The number of nitrogens with zero attached hydrogens (tertiary/aromatic N) is 1. The first-order chi connectivity index (χ1) is 17.1. The van der Waals surface area contributed by atoms with E-state index in [1.807, 2.05) is 41.5 Å². The lowest BCUT2D eigenvalue weighted by atomic mass is 9.84. The number of hydrogen-bond donors (Lipinski definition) is 1. The highest BCUT2D eigenvalue weighted by atomic mass is 16.6. The van der Waals surface area contributed by atoms with Crippen LogP contribution in [0.5, 0.6) is 23.0 Å². The molecule has 3 rings (SSSR count). The van der Waals surface area contributed by atoms with Gasteiger partial charge >= 0.3 is 0 Å². The molecule has 1 aliphatic rings. The molecular formula is C28H38N2O6. The molecule has 1 atom stereocenters. The first kappa shape index (κ1) is 27.2. The summed E-state index contributed by atoms with van der Waals surface area (Å²) in [7, 11) is 3.10. The zero-order valence-corrected chi connectivity index (χ0v) is 22.6. The number of benzene rings is 2. The SMILES string of the molecule is CCc1c(C(=O)NN(C(=O)c2cc(OC)c(C)c(OC)c2)C(CC)C(C)(C)C)ccc2c1OCCO2. The summed E-state index contributed by atoms with van der Waals surface area (Å²) in [5, 5.41) is 1.45. The lowest BCUT2D eigenvalue weighted by Crippen LogP contribution is -2.56.